The minimum atomic E-state index is -0.476. The molecular weight excluding hydrogens is 249 g/mol. The summed E-state index contributed by atoms with van der Waals surface area (Å²) in [5.74, 6) is -0.816. The van der Waals surface area contributed by atoms with Gasteiger partial charge in [0.2, 0.25) is 0 Å². The zero-order valence-corrected chi connectivity index (χ0v) is 10.6. The van der Waals surface area contributed by atoms with Crippen molar-refractivity contribution in [2.75, 3.05) is 12.3 Å². The summed E-state index contributed by atoms with van der Waals surface area (Å²) >= 11 is 11.7. The molecule has 2 N–H and O–H groups in total. The van der Waals surface area contributed by atoms with E-state index in [9.17, 15) is 4.79 Å². The van der Waals surface area contributed by atoms with Gasteiger partial charge < -0.3 is 10.5 Å². The van der Waals surface area contributed by atoms with Gasteiger partial charge in [-0.25, -0.2) is 0 Å². The van der Waals surface area contributed by atoms with Crippen molar-refractivity contribution in [1.82, 2.24) is 0 Å². The SMILES string of the molecule is CCOC(=O)C(C)c1cc(Cl)cc(Cl)c1N. The second kappa shape index (κ2) is 5.41. The van der Waals surface area contributed by atoms with Crippen molar-refractivity contribution in [3.63, 3.8) is 0 Å². The fourth-order valence-electron chi connectivity index (χ4n) is 1.36. The van der Waals surface area contributed by atoms with Crippen LogP contribution in [0.5, 0.6) is 0 Å². The van der Waals surface area contributed by atoms with Crippen LogP contribution in [-0.2, 0) is 9.53 Å². The first kappa shape index (κ1) is 13.1. The number of halogens is 2. The van der Waals surface area contributed by atoms with Gasteiger partial charge in [0.1, 0.15) is 0 Å². The number of rotatable bonds is 3. The van der Waals surface area contributed by atoms with E-state index in [1.54, 1.807) is 26.0 Å². The van der Waals surface area contributed by atoms with Crippen LogP contribution in [0.25, 0.3) is 0 Å². The van der Waals surface area contributed by atoms with Crippen molar-refractivity contribution in [1.29, 1.82) is 0 Å². The summed E-state index contributed by atoms with van der Waals surface area (Å²) in [5, 5.41) is 0.795. The Morgan fingerprint density at radius 1 is 1.50 bits per heavy atom. The van der Waals surface area contributed by atoms with Gasteiger partial charge in [-0.3, -0.25) is 4.79 Å². The zero-order valence-electron chi connectivity index (χ0n) is 9.09. The lowest BCUT2D eigenvalue weighted by Gasteiger charge is -2.14. The van der Waals surface area contributed by atoms with Crippen LogP contribution in [0.15, 0.2) is 12.1 Å². The highest BCUT2D eigenvalue weighted by molar-refractivity contribution is 6.36. The molecular formula is C11H13Cl2NO2. The Kier molecular flexibility index (Phi) is 4.44. The van der Waals surface area contributed by atoms with E-state index in [-0.39, 0.29) is 5.97 Å². The Bertz CT molecular complexity index is 407. The summed E-state index contributed by atoms with van der Waals surface area (Å²) in [4.78, 5) is 11.6. The lowest BCUT2D eigenvalue weighted by atomic mass is 9.99. The molecule has 0 aliphatic carbocycles. The number of esters is 1. The standard InChI is InChI=1S/C11H13Cl2NO2/c1-3-16-11(15)6(2)8-4-7(12)5-9(13)10(8)14/h4-6H,3,14H2,1-2H3. The van der Waals surface area contributed by atoms with Gasteiger partial charge in [0, 0.05) is 5.02 Å². The predicted octanol–water partition coefficient (Wildman–Crippen LogP) is 3.24. The van der Waals surface area contributed by atoms with E-state index in [0.29, 0.717) is 27.9 Å². The largest absolute Gasteiger partial charge is 0.466 e. The van der Waals surface area contributed by atoms with Crippen molar-refractivity contribution in [2.45, 2.75) is 19.8 Å². The van der Waals surface area contributed by atoms with Crippen molar-refractivity contribution >= 4 is 34.9 Å². The number of ether oxygens (including phenoxy) is 1. The third-order valence-corrected chi connectivity index (χ3v) is 2.76. The number of carbonyl (C=O) groups excluding carboxylic acids is 1. The van der Waals surface area contributed by atoms with Gasteiger partial charge >= 0.3 is 5.97 Å². The van der Waals surface area contributed by atoms with Crippen molar-refractivity contribution in [2.24, 2.45) is 0 Å². The molecule has 0 saturated heterocycles. The highest BCUT2D eigenvalue weighted by Crippen LogP contribution is 2.32. The van der Waals surface area contributed by atoms with Crippen LogP contribution in [0.2, 0.25) is 10.0 Å². The van der Waals surface area contributed by atoms with Gasteiger partial charge in [-0.2, -0.15) is 0 Å². The molecule has 0 fully saturated rings. The number of hydrogen-bond donors (Lipinski definition) is 1. The molecule has 0 aromatic heterocycles. The van der Waals surface area contributed by atoms with E-state index in [1.165, 1.54) is 0 Å². The molecule has 1 rings (SSSR count). The van der Waals surface area contributed by atoms with Gasteiger partial charge in [0.25, 0.3) is 0 Å². The molecule has 0 aliphatic rings. The molecule has 0 radical (unpaired) electrons. The second-order valence-corrected chi connectivity index (χ2v) is 4.21. The summed E-state index contributed by atoms with van der Waals surface area (Å²) in [6, 6.07) is 3.17. The summed E-state index contributed by atoms with van der Waals surface area (Å²) in [6.45, 7) is 3.78. The highest BCUT2D eigenvalue weighted by Gasteiger charge is 2.20. The summed E-state index contributed by atoms with van der Waals surface area (Å²) in [7, 11) is 0. The summed E-state index contributed by atoms with van der Waals surface area (Å²) < 4.78 is 4.91. The average molecular weight is 262 g/mol. The molecule has 1 unspecified atom stereocenters. The Balaban J connectivity index is 3.08. The molecule has 3 nitrogen and oxygen atoms in total. The molecule has 0 heterocycles. The topological polar surface area (TPSA) is 52.3 Å². The lowest BCUT2D eigenvalue weighted by molar-refractivity contribution is -0.144. The number of anilines is 1. The Morgan fingerprint density at radius 2 is 2.12 bits per heavy atom. The molecule has 0 spiro atoms. The van der Waals surface area contributed by atoms with Crippen LogP contribution < -0.4 is 5.73 Å². The number of nitrogens with two attached hydrogens (primary N) is 1. The number of hydrogen-bond acceptors (Lipinski definition) is 3. The first-order valence-electron chi connectivity index (χ1n) is 4.88. The first-order valence-corrected chi connectivity index (χ1v) is 5.64. The molecule has 16 heavy (non-hydrogen) atoms. The minimum Gasteiger partial charge on any atom is -0.466 e. The van der Waals surface area contributed by atoms with Gasteiger partial charge in [-0.1, -0.05) is 23.2 Å². The van der Waals surface area contributed by atoms with E-state index >= 15 is 0 Å². The maximum Gasteiger partial charge on any atom is 0.313 e. The van der Waals surface area contributed by atoms with E-state index in [4.69, 9.17) is 33.7 Å². The van der Waals surface area contributed by atoms with Crippen molar-refractivity contribution in [3.8, 4) is 0 Å². The van der Waals surface area contributed by atoms with Gasteiger partial charge in [0.15, 0.2) is 0 Å². The highest BCUT2D eigenvalue weighted by atomic mass is 35.5. The Hall–Kier alpha value is -0.930. The number of carbonyl (C=O) groups is 1. The molecule has 0 saturated carbocycles. The molecule has 88 valence electrons. The average Bonchev–Trinajstić information content (AvgIpc) is 2.22. The smallest absolute Gasteiger partial charge is 0.313 e. The molecule has 1 aromatic rings. The predicted molar refractivity (Wildman–Crippen MR) is 65.9 cm³/mol. The number of benzene rings is 1. The van der Waals surface area contributed by atoms with Gasteiger partial charge in [-0.15, -0.1) is 0 Å². The third-order valence-electron chi connectivity index (χ3n) is 2.23. The van der Waals surface area contributed by atoms with Crippen LogP contribution in [0.1, 0.15) is 25.3 Å². The van der Waals surface area contributed by atoms with E-state index < -0.39 is 5.92 Å². The van der Waals surface area contributed by atoms with Crippen LogP contribution in [0, 0.1) is 0 Å². The van der Waals surface area contributed by atoms with Crippen LogP contribution in [0.4, 0.5) is 5.69 Å². The van der Waals surface area contributed by atoms with Gasteiger partial charge in [-0.05, 0) is 31.5 Å². The maximum absolute atomic E-state index is 11.6. The lowest BCUT2D eigenvalue weighted by Crippen LogP contribution is -2.14. The van der Waals surface area contributed by atoms with E-state index in [1.807, 2.05) is 0 Å². The fourth-order valence-corrected chi connectivity index (χ4v) is 1.87. The summed E-state index contributed by atoms with van der Waals surface area (Å²) in [5.41, 5.74) is 6.75. The Morgan fingerprint density at radius 3 is 2.69 bits per heavy atom. The molecule has 0 amide bonds. The van der Waals surface area contributed by atoms with Crippen molar-refractivity contribution in [3.05, 3.63) is 27.7 Å². The maximum atomic E-state index is 11.6. The fraction of sp³-hybridized carbons (Fsp3) is 0.364. The van der Waals surface area contributed by atoms with Crippen molar-refractivity contribution < 1.29 is 9.53 Å². The quantitative estimate of drug-likeness (QED) is 0.672. The normalized spacial score (nSPS) is 12.2. The Labute approximate surface area is 104 Å². The minimum absolute atomic E-state index is 0.331. The molecule has 1 atom stereocenters. The second-order valence-electron chi connectivity index (χ2n) is 3.36. The number of nitrogen functional groups attached to an aromatic ring is 1. The molecule has 0 bridgehead atoms. The first-order chi connectivity index (χ1) is 7.47. The molecule has 5 heteroatoms. The van der Waals surface area contributed by atoms with Crippen LogP contribution in [-0.4, -0.2) is 12.6 Å². The van der Waals surface area contributed by atoms with E-state index in [0.717, 1.165) is 0 Å². The molecule has 1 aromatic carbocycles. The molecule has 0 aliphatic heterocycles. The van der Waals surface area contributed by atoms with Gasteiger partial charge in [0.05, 0.1) is 23.2 Å². The van der Waals surface area contributed by atoms with E-state index in [2.05, 4.69) is 0 Å². The zero-order chi connectivity index (χ0) is 12.3. The third kappa shape index (κ3) is 2.80. The summed E-state index contributed by atoms with van der Waals surface area (Å²) in [6.07, 6.45) is 0. The van der Waals surface area contributed by atoms with Crippen LogP contribution in [0.3, 0.4) is 0 Å². The van der Waals surface area contributed by atoms with Crippen LogP contribution >= 0.6 is 23.2 Å². The monoisotopic (exact) mass is 261 g/mol.